The van der Waals surface area contributed by atoms with Crippen molar-refractivity contribution in [1.82, 2.24) is 15.0 Å². The van der Waals surface area contributed by atoms with Crippen molar-refractivity contribution in [3.05, 3.63) is 24.2 Å². The molecule has 0 aliphatic carbocycles. The molecule has 2 aromatic heterocycles. The van der Waals surface area contributed by atoms with Crippen molar-refractivity contribution in [3.8, 4) is 0 Å². The summed E-state index contributed by atoms with van der Waals surface area (Å²) >= 11 is 0. The van der Waals surface area contributed by atoms with E-state index in [9.17, 15) is 4.79 Å². The number of rotatable bonds is 2. The monoisotopic (exact) mass is 288 g/mol. The van der Waals surface area contributed by atoms with Crippen LogP contribution in [0, 0.1) is 6.92 Å². The number of ether oxygens (including phenoxy) is 2. The molecule has 3 rings (SSSR count). The highest BCUT2D eigenvalue weighted by Gasteiger charge is 2.29. The molecule has 0 spiro atoms. The summed E-state index contributed by atoms with van der Waals surface area (Å²) in [5.74, 6) is 0.350. The lowest BCUT2D eigenvalue weighted by Gasteiger charge is -2.32. The standard InChI is InChI=1S/C14H16N4O3/c1-9-3-4-10-12(17-9)13(16-8-15-10)18-5-6-21-11(7-18)14(19)20-2/h3-4,8,11H,5-7H2,1-2H3. The molecule has 1 atom stereocenters. The number of carbonyl (C=O) groups is 1. The van der Waals surface area contributed by atoms with Gasteiger partial charge < -0.3 is 14.4 Å². The van der Waals surface area contributed by atoms with Crippen LogP contribution in [0.5, 0.6) is 0 Å². The number of hydrogen-bond donors (Lipinski definition) is 0. The minimum Gasteiger partial charge on any atom is -0.467 e. The quantitative estimate of drug-likeness (QED) is 0.753. The number of pyridine rings is 1. The second kappa shape index (κ2) is 5.61. The van der Waals surface area contributed by atoms with Crippen molar-refractivity contribution < 1.29 is 14.3 Å². The van der Waals surface area contributed by atoms with Crippen LogP contribution < -0.4 is 4.90 Å². The number of methoxy groups -OCH3 is 1. The molecule has 2 aromatic rings. The van der Waals surface area contributed by atoms with E-state index in [1.807, 2.05) is 24.0 Å². The largest absolute Gasteiger partial charge is 0.467 e. The minimum atomic E-state index is -0.599. The van der Waals surface area contributed by atoms with Gasteiger partial charge >= 0.3 is 5.97 Å². The fourth-order valence-electron chi connectivity index (χ4n) is 2.37. The average molecular weight is 288 g/mol. The Morgan fingerprint density at radius 1 is 1.43 bits per heavy atom. The van der Waals surface area contributed by atoms with Gasteiger partial charge in [-0.05, 0) is 19.1 Å². The molecule has 0 amide bonds. The van der Waals surface area contributed by atoms with Gasteiger partial charge in [-0.3, -0.25) is 0 Å². The number of anilines is 1. The first-order valence-electron chi connectivity index (χ1n) is 6.72. The van der Waals surface area contributed by atoms with Crippen molar-refractivity contribution >= 4 is 22.8 Å². The molecular weight excluding hydrogens is 272 g/mol. The van der Waals surface area contributed by atoms with Gasteiger partial charge in [-0.1, -0.05) is 0 Å². The summed E-state index contributed by atoms with van der Waals surface area (Å²) in [5.41, 5.74) is 2.42. The smallest absolute Gasteiger partial charge is 0.336 e. The molecule has 0 N–H and O–H groups in total. The molecule has 110 valence electrons. The Hall–Kier alpha value is -2.28. The number of aromatic nitrogens is 3. The molecule has 1 unspecified atom stereocenters. The van der Waals surface area contributed by atoms with Crippen molar-refractivity contribution in [1.29, 1.82) is 0 Å². The molecule has 0 aromatic carbocycles. The second-order valence-electron chi connectivity index (χ2n) is 4.85. The summed E-state index contributed by atoms with van der Waals surface area (Å²) in [7, 11) is 1.36. The van der Waals surface area contributed by atoms with Crippen LogP contribution in [0.3, 0.4) is 0 Å². The molecule has 0 bridgehead atoms. The normalized spacial score (nSPS) is 18.8. The first-order chi connectivity index (χ1) is 10.2. The van der Waals surface area contributed by atoms with E-state index in [4.69, 9.17) is 9.47 Å². The zero-order valence-electron chi connectivity index (χ0n) is 11.9. The number of hydrogen-bond acceptors (Lipinski definition) is 7. The van der Waals surface area contributed by atoms with E-state index >= 15 is 0 Å². The van der Waals surface area contributed by atoms with Gasteiger partial charge in [-0.25, -0.2) is 19.7 Å². The molecule has 1 aliphatic rings. The highest BCUT2D eigenvalue weighted by Crippen LogP contribution is 2.23. The van der Waals surface area contributed by atoms with E-state index in [1.54, 1.807) is 0 Å². The van der Waals surface area contributed by atoms with Gasteiger partial charge in [0, 0.05) is 12.2 Å². The summed E-state index contributed by atoms with van der Waals surface area (Å²) in [6.07, 6.45) is 0.913. The van der Waals surface area contributed by atoms with Crippen LogP contribution in [0.1, 0.15) is 5.69 Å². The minimum absolute atomic E-state index is 0.373. The lowest BCUT2D eigenvalue weighted by molar-refractivity contribution is -0.154. The molecule has 7 nitrogen and oxygen atoms in total. The van der Waals surface area contributed by atoms with E-state index < -0.39 is 6.10 Å². The van der Waals surface area contributed by atoms with E-state index in [-0.39, 0.29) is 5.97 Å². The van der Waals surface area contributed by atoms with Gasteiger partial charge in [0.2, 0.25) is 0 Å². The number of esters is 1. The summed E-state index contributed by atoms with van der Waals surface area (Å²) < 4.78 is 10.2. The maximum Gasteiger partial charge on any atom is 0.336 e. The van der Waals surface area contributed by atoms with Gasteiger partial charge in [0.25, 0.3) is 0 Å². The molecule has 0 saturated carbocycles. The predicted molar refractivity (Wildman–Crippen MR) is 76.0 cm³/mol. The Bertz CT molecular complexity index is 676. The fraction of sp³-hybridized carbons (Fsp3) is 0.429. The van der Waals surface area contributed by atoms with Crippen LogP contribution in [0.25, 0.3) is 11.0 Å². The van der Waals surface area contributed by atoms with Crippen molar-refractivity contribution in [3.63, 3.8) is 0 Å². The predicted octanol–water partition coefficient (Wildman–Crippen LogP) is 0.711. The molecule has 1 saturated heterocycles. The third-order valence-corrected chi connectivity index (χ3v) is 3.43. The third-order valence-electron chi connectivity index (χ3n) is 3.43. The molecule has 0 radical (unpaired) electrons. The Labute approximate surface area is 121 Å². The summed E-state index contributed by atoms with van der Waals surface area (Å²) in [4.78, 5) is 26.7. The molecule has 3 heterocycles. The highest BCUT2D eigenvalue weighted by molar-refractivity contribution is 5.86. The van der Waals surface area contributed by atoms with E-state index in [0.717, 1.165) is 22.5 Å². The van der Waals surface area contributed by atoms with Gasteiger partial charge in [-0.2, -0.15) is 0 Å². The molecular formula is C14H16N4O3. The SMILES string of the molecule is COC(=O)C1CN(c2ncnc3ccc(C)nc23)CCO1. The molecule has 1 fully saturated rings. The first kappa shape index (κ1) is 13.7. The summed E-state index contributed by atoms with van der Waals surface area (Å²) in [6, 6.07) is 3.83. The lowest BCUT2D eigenvalue weighted by Crippen LogP contribution is -2.47. The second-order valence-corrected chi connectivity index (χ2v) is 4.85. The van der Waals surface area contributed by atoms with Gasteiger partial charge in [0.05, 0.1) is 25.8 Å². The van der Waals surface area contributed by atoms with Gasteiger partial charge in [0.15, 0.2) is 11.9 Å². The summed E-state index contributed by atoms with van der Waals surface area (Å²) in [5, 5.41) is 0. The Morgan fingerprint density at radius 3 is 3.10 bits per heavy atom. The number of nitrogens with zero attached hydrogens (tertiary/aromatic N) is 4. The van der Waals surface area contributed by atoms with Crippen LogP contribution in [0.15, 0.2) is 18.5 Å². The maximum absolute atomic E-state index is 11.6. The van der Waals surface area contributed by atoms with Crippen LogP contribution in [-0.4, -0.2) is 53.8 Å². The number of aryl methyl sites for hydroxylation is 1. The number of morpholine rings is 1. The van der Waals surface area contributed by atoms with Crippen molar-refractivity contribution in [2.24, 2.45) is 0 Å². The van der Waals surface area contributed by atoms with Crippen LogP contribution in [0.4, 0.5) is 5.82 Å². The topological polar surface area (TPSA) is 77.4 Å². The van der Waals surface area contributed by atoms with Crippen LogP contribution in [-0.2, 0) is 14.3 Å². The van der Waals surface area contributed by atoms with E-state index in [1.165, 1.54) is 13.4 Å². The van der Waals surface area contributed by atoms with Gasteiger partial charge in [0.1, 0.15) is 11.8 Å². The molecule has 21 heavy (non-hydrogen) atoms. The fourth-order valence-corrected chi connectivity index (χ4v) is 2.37. The average Bonchev–Trinajstić information content (AvgIpc) is 2.53. The van der Waals surface area contributed by atoms with Crippen LogP contribution in [0.2, 0.25) is 0 Å². The summed E-state index contributed by atoms with van der Waals surface area (Å²) in [6.45, 7) is 3.41. The lowest BCUT2D eigenvalue weighted by atomic mass is 10.2. The van der Waals surface area contributed by atoms with E-state index in [0.29, 0.717) is 19.7 Å². The molecule has 7 heteroatoms. The Balaban J connectivity index is 1.96. The number of fused-ring (bicyclic) bond motifs is 1. The molecule has 1 aliphatic heterocycles. The van der Waals surface area contributed by atoms with E-state index in [2.05, 4.69) is 15.0 Å². The zero-order valence-corrected chi connectivity index (χ0v) is 11.9. The zero-order chi connectivity index (χ0) is 14.8. The van der Waals surface area contributed by atoms with Crippen molar-refractivity contribution in [2.75, 3.05) is 31.7 Å². The van der Waals surface area contributed by atoms with Gasteiger partial charge in [-0.15, -0.1) is 0 Å². The Morgan fingerprint density at radius 2 is 2.29 bits per heavy atom. The van der Waals surface area contributed by atoms with Crippen LogP contribution >= 0.6 is 0 Å². The Kier molecular flexibility index (Phi) is 3.66. The number of carbonyl (C=O) groups excluding carboxylic acids is 1. The maximum atomic E-state index is 11.6. The first-order valence-corrected chi connectivity index (χ1v) is 6.72. The van der Waals surface area contributed by atoms with Crippen molar-refractivity contribution in [2.45, 2.75) is 13.0 Å². The highest BCUT2D eigenvalue weighted by atomic mass is 16.6. The third kappa shape index (κ3) is 2.64.